The van der Waals surface area contributed by atoms with Gasteiger partial charge in [-0.1, -0.05) is 0 Å². The number of carbonyl (C=O) groups is 1. The Morgan fingerprint density at radius 3 is 2.79 bits per heavy atom. The smallest absolute Gasteiger partial charge is 0.329 e. The SMILES string of the molecule is C[C@H]1O[CH][C@H](O)[C@@H](OCC(=O)O)[C@H]1O. The highest BCUT2D eigenvalue weighted by atomic mass is 16.6. The predicted molar refractivity (Wildman–Crippen MR) is 44.2 cm³/mol. The molecule has 3 N–H and O–H groups in total. The summed E-state index contributed by atoms with van der Waals surface area (Å²) < 4.78 is 9.72. The van der Waals surface area contributed by atoms with E-state index in [9.17, 15) is 15.0 Å². The Balaban J connectivity index is 2.49. The van der Waals surface area contributed by atoms with Crippen molar-refractivity contribution in [3.63, 3.8) is 0 Å². The summed E-state index contributed by atoms with van der Waals surface area (Å²) in [6, 6.07) is 0. The summed E-state index contributed by atoms with van der Waals surface area (Å²) >= 11 is 0. The number of aliphatic carboxylic acids is 1. The highest BCUT2D eigenvalue weighted by molar-refractivity contribution is 5.68. The molecular weight excluding hydrogens is 192 g/mol. The summed E-state index contributed by atoms with van der Waals surface area (Å²) in [4.78, 5) is 10.2. The molecule has 0 spiro atoms. The first-order valence-electron chi connectivity index (χ1n) is 4.20. The van der Waals surface area contributed by atoms with Crippen LogP contribution in [0.2, 0.25) is 0 Å². The van der Waals surface area contributed by atoms with Crippen LogP contribution in [0.1, 0.15) is 6.92 Å². The first-order chi connectivity index (χ1) is 6.52. The Morgan fingerprint density at radius 2 is 2.21 bits per heavy atom. The van der Waals surface area contributed by atoms with Gasteiger partial charge in [0.1, 0.15) is 31.5 Å². The van der Waals surface area contributed by atoms with Crippen molar-refractivity contribution in [2.75, 3.05) is 6.61 Å². The number of aliphatic hydroxyl groups is 2. The van der Waals surface area contributed by atoms with Gasteiger partial charge in [0.15, 0.2) is 0 Å². The fourth-order valence-electron chi connectivity index (χ4n) is 1.20. The van der Waals surface area contributed by atoms with Gasteiger partial charge >= 0.3 is 5.97 Å². The lowest BCUT2D eigenvalue weighted by molar-refractivity contribution is -0.183. The van der Waals surface area contributed by atoms with Gasteiger partial charge in [0.2, 0.25) is 0 Å². The van der Waals surface area contributed by atoms with Crippen molar-refractivity contribution < 1.29 is 29.6 Å². The minimum Gasteiger partial charge on any atom is -0.480 e. The number of rotatable bonds is 3. The molecule has 1 aliphatic rings. The monoisotopic (exact) mass is 205 g/mol. The van der Waals surface area contributed by atoms with E-state index in [1.807, 2.05) is 0 Å². The molecule has 6 heteroatoms. The zero-order valence-electron chi connectivity index (χ0n) is 7.66. The lowest BCUT2D eigenvalue weighted by atomic mass is 10.0. The lowest BCUT2D eigenvalue weighted by Crippen LogP contribution is -2.51. The summed E-state index contributed by atoms with van der Waals surface area (Å²) in [5.41, 5.74) is 0. The summed E-state index contributed by atoms with van der Waals surface area (Å²) in [5, 5.41) is 27.2. The van der Waals surface area contributed by atoms with Crippen molar-refractivity contribution in [2.24, 2.45) is 0 Å². The standard InChI is InChI=1S/C8H13O6/c1-4-7(12)8(5(9)2-13-4)14-3-6(10)11/h2,4-5,7-9,12H,3H2,1H3,(H,10,11)/t4-,5+,7+,8-/m1/s1. The van der Waals surface area contributed by atoms with Crippen LogP contribution >= 0.6 is 0 Å². The quantitative estimate of drug-likeness (QED) is 0.533. The van der Waals surface area contributed by atoms with Crippen molar-refractivity contribution in [3.05, 3.63) is 6.61 Å². The lowest BCUT2D eigenvalue weighted by Gasteiger charge is -2.35. The molecule has 0 aromatic heterocycles. The molecular formula is C8H13O6. The van der Waals surface area contributed by atoms with E-state index in [4.69, 9.17) is 14.6 Å². The van der Waals surface area contributed by atoms with E-state index in [1.165, 1.54) is 0 Å². The average molecular weight is 205 g/mol. The van der Waals surface area contributed by atoms with Gasteiger partial charge in [-0.25, -0.2) is 4.79 Å². The minimum atomic E-state index is -1.15. The van der Waals surface area contributed by atoms with E-state index in [2.05, 4.69) is 0 Å². The first-order valence-corrected chi connectivity index (χ1v) is 4.20. The second kappa shape index (κ2) is 4.70. The summed E-state index contributed by atoms with van der Waals surface area (Å²) in [5.74, 6) is -1.15. The van der Waals surface area contributed by atoms with Crippen LogP contribution in [0.25, 0.3) is 0 Å². The van der Waals surface area contributed by atoms with Gasteiger partial charge in [0.05, 0.1) is 6.10 Å². The summed E-state index contributed by atoms with van der Waals surface area (Å²) in [6.07, 6.45) is -3.61. The molecule has 14 heavy (non-hydrogen) atoms. The molecule has 0 saturated carbocycles. The Morgan fingerprint density at radius 1 is 1.57 bits per heavy atom. The first kappa shape index (κ1) is 11.4. The molecule has 4 atom stereocenters. The number of ether oxygens (including phenoxy) is 2. The molecule has 1 radical (unpaired) electrons. The maximum absolute atomic E-state index is 10.2. The third-order valence-electron chi connectivity index (χ3n) is 1.99. The normalized spacial score (nSPS) is 38.2. The third kappa shape index (κ3) is 2.65. The van der Waals surface area contributed by atoms with Crippen LogP contribution in [0.4, 0.5) is 0 Å². The van der Waals surface area contributed by atoms with Crippen molar-refractivity contribution >= 4 is 5.97 Å². The van der Waals surface area contributed by atoms with Gasteiger partial charge in [-0.05, 0) is 6.92 Å². The van der Waals surface area contributed by atoms with Crippen molar-refractivity contribution in [1.82, 2.24) is 0 Å². The highest BCUT2D eigenvalue weighted by Crippen LogP contribution is 2.20. The fourth-order valence-corrected chi connectivity index (χ4v) is 1.20. The van der Waals surface area contributed by atoms with E-state index < -0.39 is 37.0 Å². The van der Waals surface area contributed by atoms with Crippen LogP contribution in [0, 0.1) is 6.61 Å². The van der Waals surface area contributed by atoms with Gasteiger partial charge in [0.25, 0.3) is 0 Å². The second-order valence-corrected chi connectivity index (χ2v) is 3.13. The Bertz CT molecular complexity index is 206. The largest absolute Gasteiger partial charge is 0.480 e. The van der Waals surface area contributed by atoms with E-state index in [1.54, 1.807) is 6.92 Å². The molecule has 0 aromatic carbocycles. The molecule has 81 valence electrons. The molecule has 0 aromatic rings. The van der Waals surface area contributed by atoms with Gasteiger partial charge in [-0.3, -0.25) is 0 Å². The Hall–Kier alpha value is -0.690. The highest BCUT2D eigenvalue weighted by Gasteiger charge is 2.37. The molecule has 1 rings (SSSR count). The third-order valence-corrected chi connectivity index (χ3v) is 1.99. The molecule has 1 aliphatic heterocycles. The Kier molecular flexibility index (Phi) is 3.82. The van der Waals surface area contributed by atoms with Crippen LogP contribution in [-0.2, 0) is 14.3 Å². The summed E-state index contributed by atoms with van der Waals surface area (Å²) in [7, 11) is 0. The molecule has 0 unspecified atom stereocenters. The second-order valence-electron chi connectivity index (χ2n) is 3.13. The number of hydrogen-bond acceptors (Lipinski definition) is 5. The Labute approximate surface area is 81.1 Å². The van der Waals surface area contributed by atoms with E-state index in [0.717, 1.165) is 6.61 Å². The van der Waals surface area contributed by atoms with E-state index in [0.29, 0.717) is 0 Å². The predicted octanol–water partition coefficient (Wildman–Crippen LogP) is -1.24. The number of hydrogen-bond donors (Lipinski definition) is 3. The van der Waals surface area contributed by atoms with Gasteiger partial charge < -0.3 is 24.8 Å². The van der Waals surface area contributed by atoms with Crippen LogP contribution in [-0.4, -0.2) is 52.3 Å². The van der Waals surface area contributed by atoms with Gasteiger partial charge in [-0.15, -0.1) is 0 Å². The molecule has 0 amide bonds. The molecule has 1 fully saturated rings. The van der Waals surface area contributed by atoms with Crippen molar-refractivity contribution in [3.8, 4) is 0 Å². The number of aliphatic hydroxyl groups excluding tert-OH is 2. The zero-order valence-corrected chi connectivity index (χ0v) is 7.66. The maximum Gasteiger partial charge on any atom is 0.329 e. The summed E-state index contributed by atoms with van der Waals surface area (Å²) in [6.45, 7) is 2.17. The van der Waals surface area contributed by atoms with E-state index >= 15 is 0 Å². The van der Waals surface area contributed by atoms with Crippen LogP contribution in [0.5, 0.6) is 0 Å². The van der Waals surface area contributed by atoms with E-state index in [-0.39, 0.29) is 0 Å². The minimum absolute atomic E-state index is 0.516. The van der Waals surface area contributed by atoms with Crippen molar-refractivity contribution in [1.29, 1.82) is 0 Å². The molecule has 0 bridgehead atoms. The topological polar surface area (TPSA) is 96.2 Å². The number of carboxylic acids is 1. The van der Waals surface area contributed by atoms with Crippen molar-refractivity contribution in [2.45, 2.75) is 31.3 Å². The van der Waals surface area contributed by atoms with Gasteiger partial charge in [-0.2, -0.15) is 0 Å². The fraction of sp³-hybridized carbons (Fsp3) is 0.750. The molecule has 1 heterocycles. The molecule has 0 aliphatic carbocycles. The van der Waals surface area contributed by atoms with Crippen LogP contribution in [0.3, 0.4) is 0 Å². The number of carboxylic acid groups (broad SMARTS) is 1. The van der Waals surface area contributed by atoms with Crippen LogP contribution in [0.15, 0.2) is 0 Å². The van der Waals surface area contributed by atoms with Gasteiger partial charge in [0, 0.05) is 0 Å². The maximum atomic E-state index is 10.2. The average Bonchev–Trinajstić information content (AvgIpc) is 2.11. The van der Waals surface area contributed by atoms with Crippen LogP contribution < -0.4 is 0 Å². The molecule has 1 saturated heterocycles. The molecule has 6 nitrogen and oxygen atoms in total. The zero-order chi connectivity index (χ0) is 10.7.